The Balaban J connectivity index is 1.97. The molecule has 2 aromatic rings. The Bertz CT molecular complexity index is 787. The van der Waals surface area contributed by atoms with E-state index < -0.39 is 5.91 Å². The summed E-state index contributed by atoms with van der Waals surface area (Å²) < 4.78 is 0.707. The highest BCUT2D eigenvalue weighted by Crippen LogP contribution is 2.27. The van der Waals surface area contributed by atoms with Crippen molar-refractivity contribution < 1.29 is 14.4 Å². The number of anilines is 1. The lowest BCUT2D eigenvalue weighted by molar-refractivity contribution is -0.117. The largest absolute Gasteiger partial charge is 0.369 e. The molecule has 8 heteroatoms. The molecule has 24 heavy (non-hydrogen) atoms. The van der Waals surface area contributed by atoms with Gasteiger partial charge in [-0.05, 0) is 26.0 Å². The number of primary amides is 1. The van der Waals surface area contributed by atoms with Crippen molar-refractivity contribution in [3.8, 4) is 0 Å². The number of amides is 2. The van der Waals surface area contributed by atoms with E-state index >= 15 is 0 Å². The normalized spacial score (nSPS) is 10.4. The Labute approximate surface area is 147 Å². The molecule has 0 aliphatic heterocycles. The fourth-order valence-corrected chi connectivity index (χ4v) is 4.04. The lowest BCUT2D eigenvalue weighted by atomic mass is 10.1. The summed E-state index contributed by atoms with van der Waals surface area (Å²) in [5.74, 6) is -0.574. The molecule has 2 amide bonds. The maximum absolute atomic E-state index is 12.1. The highest BCUT2D eigenvalue weighted by atomic mass is 32.2. The molecule has 6 nitrogen and oxygen atoms in total. The zero-order valence-corrected chi connectivity index (χ0v) is 14.9. The van der Waals surface area contributed by atoms with E-state index in [2.05, 4.69) is 10.3 Å². The summed E-state index contributed by atoms with van der Waals surface area (Å²) in [6.45, 7) is 3.26. The molecule has 1 heterocycles. The number of nitrogens with one attached hydrogen (secondary N) is 1. The highest BCUT2D eigenvalue weighted by Gasteiger charge is 2.13. The third-order valence-electron chi connectivity index (χ3n) is 3.12. The molecule has 1 aromatic heterocycles. The fraction of sp³-hybridized carbons (Fsp3) is 0.250. The fourth-order valence-electron chi connectivity index (χ4n) is 2.00. The first-order valence-corrected chi connectivity index (χ1v) is 8.94. The van der Waals surface area contributed by atoms with Gasteiger partial charge in [0.15, 0.2) is 10.1 Å². The monoisotopic (exact) mass is 363 g/mol. The highest BCUT2D eigenvalue weighted by molar-refractivity contribution is 8.01. The van der Waals surface area contributed by atoms with E-state index in [1.54, 1.807) is 24.3 Å². The van der Waals surface area contributed by atoms with Crippen LogP contribution >= 0.6 is 23.1 Å². The molecule has 3 N–H and O–H groups in total. The number of aryl methyl sites for hydroxylation is 1. The Kier molecular flexibility index (Phi) is 6.10. The summed E-state index contributed by atoms with van der Waals surface area (Å²) in [5.41, 5.74) is 6.92. The number of nitrogens with zero attached hydrogens (tertiary/aromatic N) is 1. The third kappa shape index (κ3) is 4.90. The van der Waals surface area contributed by atoms with E-state index in [-0.39, 0.29) is 23.9 Å². The van der Waals surface area contributed by atoms with Crippen LogP contribution in [0.4, 0.5) is 5.69 Å². The van der Waals surface area contributed by atoms with Crippen LogP contribution in [0.1, 0.15) is 27.9 Å². The Morgan fingerprint density at radius 3 is 2.67 bits per heavy atom. The van der Waals surface area contributed by atoms with Gasteiger partial charge in [-0.3, -0.25) is 14.4 Å². The average Bonchev–Trinajstić information content (AvgIpc) is 2.85. The number of carbonyl (C=O) groups is 3. The predicted octanol–water partition coefficient (Wildman–Crippen LogP) is 2.41. The molecule has 0 saturated heterocycles. The van der Waals surface area contributed by atoms with Gasteiger partial charge in [-0.15, -0.1) is 11.3 Å². The van der Waals surface area contributed by atoms with Crippen LogP contribution in [0, 0.1) is 6.92 Å². The van der Waals surface area contributed by atoms with E-state index in [0.29, 0.717) is 15.6 Å². The van der Waals surface area contributed by atoms with E-state index in [4.69, 9.17) is 5.73 Å². The number of benzene rings is 1. The quantitative estimate of drug-likeness (QED) is 0.581. The van der Waals surface area contributed by atoms with Gasteiger partial charge in [-0.1, -0.05) is 23.9 Å². The Morgan fingerprint density at radius 1 is 1.29 bits per heavy atom. The van der Waals surface area contributed by atoms with E-state index in [0.717, 1.165) is 10.6 Å². The second-order valence-electron chi connectivity index (χ2n) is 5.07. The molecule has 0 atom stereocenters. The van der Waals surface area contributed by atoms with Crippen molar-refractivity contribution in [2.45, 2.75) is 24.6 Å². The lowest BCUT2D eigenvalue weighted by Crippen LogP contribution is -2.16. The zero-order valence-electron chi connectivity index (χ0n) is 13.3. The summed E-state index contributed by atoms with van der Waals surface area (Å²) in [6, 6.07) is 6.87. The summed E-state index contributed by atoms with van der Waals surface area (Å²) >= 11 is 2.64. The van der Waals surface area contributed by atoms with Gasteiger partial charge in [0.2, 0.25) is 11.8 Å². The predicted molar refractivity (Wildman–Crippen MR) is 95.5 cm³/mol. The van der Waals surface area contributed by atoms with Gasteiger partial charge in [-0.25, -0.2) is 4.98 Å². The van der Waals surface area contributed by atoms with Crippen LogP contribution in [0.3, 0.4) is 0 Å². The zero-order chi connectivity index (χ0) is 17.7. The molecule has 0 saturated carbocycles. The maximum atomic E-state index is 12.1. The van der Waals surface area contributed by atoms with Crippen LogP contribution in [0.2, 0.25) is 0 Å². The van der Waals surface area contributed by atoms with Crippen molar-refractivity contribution in [2.24, 2.45) is 5.73 Å². The molecule has 0 aliphatic rings. The number of hydrogen-bond donors (Lipinski definition) is 2. The molecule has 0 aliphatic carbocycles. The first-order chi connectivity index (χ1) is 11.4. The molecular formula is C16H17N3O3S2. The number of thioether (sulfide) groups is 1. The number of ketones is 1. The smallest absolute Gasteiger partial charge is 0.234 e. The summed E-state index contributed by atoms with van der Waals surface area (Å²) in [6.07, 6.45) is 0.155. The summed E-state index contributed by atoms with van der Waals surface area (Å²) in [7, 11) is 0. The third-order valence-corrected chi connectivity index (χ3v) is 5.42. The van der Waals surface area contributed by atoms with Gasteiger partial charge in [0.25, 0.3) is 0 Å². The van der Waals surface area contributed by atoms with Crippen LogP contribution in [-0.2, 0) is 16.0 Å². The SMILES string of the molecule is CC(=O)c1ccccc1NC(=O)CSc1nc(C)c(CC(N)=O)s1. The maximum Gasteiger partial charge on any atom is 0.234 e. The van der Waals surface area contributed by atoms with Gasteiger partial charge in [-0.2, -0.15) is 0 Å². The minimum atomic E-state index is -0.406. The van der Waals surface area contributed by atoms with E-state index in [1.165, 1.54) is 30.0 Å². The van der Waals surface area contributed by atoms with Crippen molar-refractivity contribution in [3.63, 3.8) is 0 Å². The number of hydrogen-bond acceptors (Lipinski definition) is 6. The van der Waals surface area contributed by atoms with Gasteiger partial charge < -0.3 is 11.1 Å². The minimum Gasteiger partial charge on any atom is -0.369 e. The number of aromatic nitrogens is 1. The number of nitrogens with two attached hydrogens (primary N) is 1. The number of rotatable bonds is 7. The van der Waals surface area contributed by atoms with Crippen LogP contribution in [0.15, 0.2) is 28.6 Å². The molecule has 126 valence electrons. The first-order valence-electron chi connectivity index (χ1n) is 7.14. The second kappa shape index (κ2) is 8.07. The topological polar surface area (TPSA) is 102 Å². The van der Waals surface area contributed by atoms with E-state index in [9.17, 15) is 14.4 Å². The molecule has 0 fully saturated rings. The van der Waals surface area contributed by atoms with Gasteiger partial charge in [0.1, 0.15) is 0 Å². The number of para-hydroxylation sites is 1. The van der Waals surface area contributed by atoms with Crippen LogP contribution in [0.5, 0.6) is 0 Å². The number of carbonyl (C=O) groups excluding carboxylic acids is 3. The Morgan fingerprint density at radius 2 is 2.00 bits per heavy atom. The van der Waals surface area contributed by atoms with Crippen molar-refractivity contribution in [3.05, 3.63) is 40.4 Å². The van der Waals surface area contributed by atoms with Crippen LogP contribution < -0.4 is 11.1 Å². The van der Waals surface area contributed by atoms with E-state index in [1.807, 2.05) is 6.92 Å². The minimum absolute atomic E-state index is 0.106. The van der Waals surface area contributed by atoms with Gasteiger partial charge in [0.05, 0.1) is 23.6 Å². The average molecular weight is 363 g/mol. The Hall–Kier alpha value is -2.19. The molecule has 0 bridgehead atoms. The molecule has 2 rings (SSSR count). The molecule has 0 spiro atoms. The van der Waals surface area contributed by atoms with Crippen LogP contribution in [0.25, 0.3) is 0 Å². The number of Topliss-reactive ketones (excluding diaryl/α,β-unsaturated/α-hetero) is 1. The van der Waals surface area contributed by atoms with Crippen LogP contribution in [-0.4, -0.2) is 28.3 Å². The lowest BCUT2D eigenvalue weighted by Gasteiger charge is -2.08. The van der Waals surface area contributed by atoms with Gasteiger partial charge in [0, 0.05) is 10.4 Å². The standard InChI is InChI=1S/C16H17N3O3S2/c1-9-13(7-14(17)21)24-16(18-9)23-8-15(22)19-12-6-4-3-5-11(12)10(2)20/h3-6H,7-8H2,1-2H3,(H2,17,21)(H,19,22). The molecule has 1 aromatic carbocycles. The summed E-state index contributed by atoms with van der Waals surface area (Å²) in [5, 5.41) is 2.74. The number of thiazole rings is 1. The van der Waals surface area contributed by atoms with Gasteiger partial charge >= 0.3 is 0 Å². The van der Waals surface area contributed by atoms with Crippen molar-refractivity contribution >= 4 is 46.4 Å². The molecular weight excluding hydrogens is 346 g/mol. The van der Waals surface area contributed by atoms with Crippen molar-refractivity contribution in [1.29, 1.82) is 0 Å². The van der Waals surface area contributed by atoms with Crippen molar-refractivity contribution in [2.75, 3.05) is 11.1 Å². The molecule has 0 unspecified atom stereocenters. The van der Waals surface area contributed by atoms with Crippen molar-refractivity contribution in [1.82, 2.24) is 4.98 Å². The molecule has 0 radical (unpaired) electrons. The summed E-state index contributed by atoms with van der Waals surface area (Å²) in [4.78, 5) is 39.8. The first kappa shape index (κ1) is 18.2. The second-order valence-corrected chi connectivity index (χ2v) is 7.38.